The predicted molar refractivity (Wildman–Crippen MR) is 80.2 cm³/mol. The van der Waals surface area contributed by atoms with Crippen LogP contribution in [0.15, 0.2) is 35.3 Å². The summed E-state index contributed by atoms with van der Waals surface area (Å²) in [5, 5.41) is 4.55. The third-order valence-electron chi connectivity index (χ3n) is 2.94. The Balaban J connectivity index is 2.64. The monoisotopic (exact) mass is 306 g/mol. The number of carbonyl (C=O) groups is 1. The number of halogens is 1. The van der Waals surface area contributed by atoms with Gasteiger partial charge in [0.15, 0.2) is 0 Å². The van der Waals surface area contributed by atoms with Crippen molar-refractivity contribution in [2.75, 3.05) is 6.61 Å². The predicted octanol–water partition coefficient (Wildman–Crippen LogP) is 2.62. The number of carbonyl (C=O) groups excluding carboxylic acids is 1. The van der Waals surface area contributed by atoms with Crippen LogP contribution in [0.3, 0.4) is 0 Å². The number of aromatic nitrogens is 2. The molecule has 1 heterocycles. The molecular formula is C15H15ClN2O3. The van der Waals surface area contributed by atoms with Crippen LogP contribution < -0.4 is 5.43 Å². The van der Waals surface area contributed by atoms with Gasteiger partial charge in [0.1, 0.15) is 0 Å². The zero-order chi connectivity index (χ0) is 15.4. The number of hydrogen-bond donors (Lipinski definition) is 0. The zero-order valence-electron chi connectivity index (χ0n) is 11.8. The number of para-hydroxylation sites is 1. The van der Waals surface area contributed by atoms with Crippen LogP contribution >= 0.6 is 11.6 Å². The number of aryl methyl sites for hydroxylation is 1. The van der Waals surface area contributed by atoms with E-state index in [1.807, 2.05) is 6.92 Å². The van der Waals surface area contributed by atoms with Crippen molar-refractivity contribution in [3.8, 4) is 5.69 Å². The lowest BCUT2D eigenvalue weighted by molar-refractivity contribution is 0.0515. The van der Waals surface area contributed by atoms with Gasteiger partial charge in [-0.2, -0.15) is 5.10 Å². The van der Waals surface area contributed by atoms with Crippen LogP contribution in [0.4, 0.5) is 0 Å². The maximum Gasteiger partial charge on any atom is 0.362 e. The lowest BCUT2D eigenvalue weighted by Crippen LogP contribution is -2.26. The highest BCUT2D eigenvalue weighted by Gasteiger charge is 2.18. The molecule has 0 fully saturated rings. The minimum atomic E-state index is -0.724. The highest BCUT2D eigenvalue weighted by Crippen LogP contribution is 2.18. The first-order valence-electron chi connectivity index (χ1n) is 6.63. The standard InChI is InChI=1S/C15H15ClN2O3/c1-3-10-9-18(12-8-6-5-7-11(12)16)17-13(14(10)19)15(20)21-4-2/h5-9H,3-4H2,1-2H3. The third-order valence-corrected chi connectivity index (χ3v) is 3.26. The first kappa shape index (κ1) is 15.3. The lowest BCUT2D eigenvalue weighted by atomic mass is 10.2. The van der Waals surface area contributed by atoms with Gasteiger partial charge >= 0.3 is 5.97 Å². The molecule has 0 atom stereocenters. The topological polar surface area (TPSA) is 61.2 Å². The van der Waals surface area contributed by atoms with E-state index in [4.69, 9.17) is 16.3 Å². The van der Waals surface area contributed by atoms with Gasteiger partial charge in [-0.3, -0.25) is 4.79 Å². The maximum atomic E-state index is 12.2. The Hall–Kier alpha value is -2.14. The minimum absolute atomic E-state index is 0.183. The second kappa shape index (κ2) is 6.54. The van der Waals surface area contributed by atoms with Gasteiger partial charge in [-0.1, -0.05) is 30.7 Å². The molecule has 2 aromatic rings. The summed E-state index contributed by atoms with van der Waals surface area (Å²) in [6.07, 6.45) is 2.07. The molecule has 0 aliphatic heterocycles. The molecule has 0 saturated heterocycles. The van der Waals surface area contributed by atoms with E-state index >= 15 is 0 Å². The van der Waals surface area contributed by atoms with Crippen LogP contribution in [-0.4, -0.2) is 22.4 Å². The van der Waals surface area contributed by atoms with E-state index in [1.165, 1.54) is 4.68 Å². The SMILES string of the molecule is CCOC(=O)c1nn(-c2ccccc2Cl)cc(CC)c1=O. The van der Waals surface area contributed by atoms with E-state index in [-0.39, 0.29) is 12.3 Å². The lowest BCUT2D eigenvalue weighted by Gasteiger charge is -2.11. The van der Waals surface area contributed by atoms with Crippen molar-refractivity contribution in [2.45, 2.75) is 20.3 Å². The highest BCUT2D eigenvalue weighted by atomic mass is 35.5. The van der Waals surface area contributed by atoms with Crippen molar-refractivity contribution in [2.24, 2.45) is 0 Å². The van der Waals surface area contributed by atoms with E-state index in [0.29, 0.717) is 22.7 Å². The van der Waals surface area contributed by atoms with Crippen LogP contribution in [0, 0.1) is 0 Å². The van der Waals surface area contributed by atoms with Crippen LogP contribution in [0.5, 0.6) is 0 Å². The van der Waals surface area contributed by atoms with Crippen molar-refractivity contribution in [3.63, 3.8) is 0 Å². The van der Waals surface area contributed by atoms with Crippen molar-refractivity contribution < 1.29 is 9.53 Å². The molecule has 1 aromatic carbocycles. The number of hydrogen-bond acceptors (Lipinski definition) is 4. The highest BCUT2D eigenvalue weighted by molar-refractivity contribution is 6.32. The van der Waals surface area contributed by atoms with Crippen molar-refractivity contribution in [3.05, 3.63) is 57.0 Å². The van der Waals surface area contributed by atoms with E-state index in [1.54, 1.807) is 37.4 Å². The van der Waals surface area contributed by atoms with E-state index in [2.05, 4.69) is 5.10 Å². The number of rotatable bonds is 4. The van der Waals surface area contributed by atoms with Crippen LogP contribution in [0.2, 0.25) is 5.02 Å². The van der Waals surface area contributed by atoms with Gasteiger partial charge in [0.2, 0.25) is 11.1 Å². The van der Waals surface area contributed by atoms with Crippen LogP contribution in [0.25, 0.3) is 5.69 Å². The summed E-state index contributed by atoms with van der Waals surface area (Å²) in [7, 11) is 0. The molecule has 0 unspecified atom stereocenters. The van der Waals surface area contributed by atoms with E-state index in [0.717, 1.165) is 0 Å². The Morgan fingerprint density at radius 2 is 2.05 bits per heavy atom. The summed E-state index contributed by atoms with van der Waals surface area (Å²) >= 11 is 6.13. The molecule has 1 aromatic heterocycles. The zero-order valence-corrected chi connectivity index (χ0v) is 12.6. The van der Waals surface area contributed by atoms with Gasteiger partial charge in [-0.25, -0.2) is 9.48 Å². The van der Waals surface area contributed by atoms with Gasteiger partial charge in [0.25, 0.3) is 0 Å². The fourth-order valence-electron chi connectivity index (χ4n) is 1.89. The average molecular weight is 307 g/mol. The normalized spacial score (nSPS) is 10.4. The Morgan fingerprint density at radius 3 is 2.67 bits per heavy atom. The minimum Gasteiger partial charge on any atom is -0.461 e. The molecule has 5 nitrogen and oxygen atoms in total. The Bertz CT molecular complexity index is 725. The molecule has 0 saturated carbocycles. The molecule has 2 rings (SSSR count). The van der Waals surface area contributed by atoms with Crippen LogP contribution in [0.1, 0.15) is 29.9 Å². The van der Waals surface area contributed by atoms with Gasteiger partial charge in [0.05, 0.1) is 17.3 Å². The molecule has 0 N–H and O–H groups in total. The fourth-order valence-corrected chi connectivity index (χ4v) is 2.11. The number of ether oxygens (including phenoxy) is 1. The smallest absolute Gasteiger partial charge is 0.362 e. The average Bonchev–Trinajstić information content (AvgIpc) is 2.48. The number of nitrogens with zero attached hydrogens (tertiary/aromatic N) is 2. The van der Waals surface area contributed by atoms with Crippen LogP contribution in [-0.2, 0) is 11.2 Å². The molecule has 6 heteroatoms. The Morgan fingerprint density at radius 1 is 1.33 bits per heavy atom. The molecule has 0 aliphatic carbocycles. The Labute approximate surface area is 127 Å². The summed E-state index contributed by atoms with van der Waals surface area (Å²) in [6, 6.07) is 7.07. The molecule has 0 bridgehead atoms. The number of benzene rings is 1. The van der Waals surface area contributed by atoms with Gasteiger partial charge in [-0.05, 0) is 25.5 Å². The summed E-state index contributed by atoms with van der Waals surface area (Å²) in [5.41, 5.74) is 0.447. The molecule has 0 radical (unpaired) electrons. The van der Waals surface area contributed by atoms with Gasteiger partial charge in [-0.15, -0.1) is 0 Å². The van der Waals surface area contributed by atoms with Gasteiger partial charge < -0.3 is 4.74 Å². The summed E-state index contributed by atoms with van der Waals surface area (Å²) in [5.74, 6) is -0.724. The third kappa shape index (κ3) is 3.13. The summed E-state index contributed by atoms with van der Waals surface area (Å²) in [6.45, 7) is 3.69. The molecule has 0 amide bonds. The van der Waals surface area contributed by atoms with Crippen molar-refractivity contribution >= 4 is 17.6 Å². The first-order chi connectivity index (χ1) is 10.1. The first-order valence-corrected chi connectivity index (χ1v) is 7.01. The summed E-state index contributed by atoms with van der Waals surface area (Å²) in [4.78, 5) is 24.0. The molecule has 0 aliphatic rings. The van der Waals surface area contributed by atoms with E-state index < -0.39 is 11.4 Å². The molecule has 110 valence electrons. The fraction of sp³-hybridized carbons (Fsp3) is 0.267. The Kier molecular flexibility index (Phi) is 4.75. The quantitative estimate of drug-likeness (QED) is 0.815. The van der Waals surface area contributed by atoms with E-state index in [9.17, 15) is 9.59 Å². The van der Waals surface area contributed by atoms with Gasteiger partial charge in [0, 0.05) is 11.8 Å². The largest absolute Gasteiger partial charge is 0.461 e. The molecule has 0 spiro atoms. The second-order valence-corrected chi connectivity index (χ2v) is 4.71. The van der Waals surface area contributed by atoms with Crippen molar-refractivity contribution in [1.29, 1.82) is 0 Å². The van der Waals surface area contributed by atoms with Crippen molar-refractivity contribution in [1.82, 2.24) is 9.78 Å². The molecular weight excluding hydrogens is 292 g/mol. The summed E-state index contributed by atoms with van der Waals surface area (Å²) < 4.78 is 6.32. The molecule has 21 heavy (non-hydrogen) atoms. The second-order valence-electron chi connectivity index (χ2n) is 4.30. The number of esters is 1. The maximum absolute atomic E-state index is 12.2.